The van der Waals surface area contributed by atoms with E-state index in [1.54, 1.807) is 12.1 Å². The molecule has 0 aliphatic heterocycles. The van der Waals surface area contributed by atoms with Crippen LogP contribution in [0.3, 0.4) is 0 Å². The van der Waals surface area contributed by atoms with Gasteiger partial charge in [0.05, 0.1) is 12.9 Å². The second-order valence-corrected chi connectivity index (χ2v) is 9.25. The summed E-state index contributed by atoms with van der Waals surface area (Å²) in [6.45, 7) is 10.2. The Bertz CT molecular complexity index is 748. The van der Waals surface area contributed by atoms with Gasteiger partial charge in [-0.05, 0) is 50.8 Å². The van der Waals surface area contributed by atoms with Crippen LogP contribution < -0.4 is 8.92 Å². The average molecular weight is 428 g/mol. The Hall–Kier alpha value is -1.76. The molecule has 0 aliphatic carbocycles. The van der Waals surface area contributed by atoms with Gasteiger partial charge in [-0.3, -0.25) is 4.79 Å². The Morgan fingerprint density at radius 3 is 2.31 bits per heavy atom. The minimum Gasteiger partial charge on any atom is -0.493 e. The number of carbonyl (C=O) groups is 1. The van der Waals surface area contributed by atoms with E-state index in [9.17, 15) is 13.2 Å². The third-order valence-electron chi connectivity index (χ3n) is 5.31. The van der Waals surface area contributed by atoms with Crippen LogP contribution in [0.5, 0.6) is 11.5 Å². The highest BCUT2D eigenvalue weighted by Crippen LogP contribution is 2.31. The lowest BCUT2D eigenvalue weighted by atomic mass is 9.96. The van der Waals surface area contributed by atoms with Gasteiger partial charge < -0.3 is 13.8 Å². The van der Waals surface area contributed by atoms with E-state index in [4.69, 9.17) is 8.92 Å². The van der Waals surface area contributed by atoms with Crippen LogP contribution in [-0.2, 0) is 21.5 Å². The van der Waals surface area contributed by atoms with Crippen molar-refractivity contribution < 1.29 is 22.1 Å². The van der Waals surface area contributed by atoms with Crippen molar-refractivity contribution in [1.82, 2.24) is 4.90 Å². The predicted molar refractivity (Wildman–Crippen MR) is 117 cm³/mol. The van der Waals surface area contributed by atoms with Crippen LogP contribution in [0, 0.1) is 5.92 Å². The molecule has 0 saturated heterocycles. The smallest absolute Gasteiger partial charge is 0.309 e. The molecule has 0 aromatic heterocycles. The van der Waals surface area contributed by atoms with Gasteiger partial charge in [0.15, 0.2) is 11.5 Å². The first-order valence-corrected chi connectivity index (χ1v) is 12.2. The molecule has 2 unspecified atom stereocenters. The van der Waals surface area contributed by atoms with E-state index in [-0.39, 0.29) is 29.4 Å². The van der Waals surface area contributed by atoms with Crippen molar-refractivity contribution in [3.63, 3.8) is 0 Å². The number of benzene rings is 1. The summed E-state index contributed by atoms with van der Waals surface area (Å²) < 4.78 is 34.3. The van der Waals surface area contributed by atoms with Gasteiger partial charge in [0, 0.05) is 18.5 Å². The monoisotopic (exact) mass is 427 g/mol. The second kappa shape index (κ2) is 12.1. The molecule has 166 valence electrons. The zero-order valence-electron chi connectivity index (χ0n) is 18.7. The molecule has 1 aromatic rings. The molecule has 1 rings (SSSR count). The Labute approximate surface area is 176 Å². The van der Waals surface area contributed by atoms with Crippen molar-refractivity contribution >= 4 is 16.0 Å². The van der Waals surface area contributed by atoms with Gasteiger partial charge in [0.2, 0.25) is 5.91 Å². The van der Waals surface area contributed by atoms with Gasteiger partial charge in [0.1, 0.15) is 0 Å². The summed E-state index contributed by atoms with van der Waals surface area (Å²) in [5.74, 6) is 0.546. The lowest BCUT2D eigenvalue weighted by Gasteiger charge is -2.32. The number of hydrogen-bond donors (Lipinski definition) is 0. The zero-order valence-corrected chi connectivity index (χ0v) is 19.5. The van der Waals surface area contributed by atoms with Gasteiger partial charge in [-0.25, -0.2) is 0 Å². The first-order chi connectivity index (χ1) is 13.7. The highest BCUT2D eigenvalue weighted by molar-refractivity contribution is 7.87. The van der Waals surface area contributed by atoms with Crippen LogP contribution in [0.2, 0.25) is 0 Å². The van der Waals surface area contributed by atoms with Gasteiger partial charge >= 0.3 is 10.1 Å². The Balaban J connectivity index is 3.17. The number of rotatable bonds is 13. The maximum atomic E-state index is 13.2. The van der Waals surface area contributed by atoms with E-state index in [1.807, 2.05) is 17.9 Å². The topological polar surface area (TPSA) is 72.9 Å². The van der Waals surface area contributed by atoms with E-state index in [0.29, 0.717) is 12.3 Å². The molecule has 1 aromatic carbocycles. The minimum absolute atomic E-state index is 0.0124. The molecule has 2 atom stereocenters. The van der Waals surface area contributed by atoms with E-state index in [2.05, 4.69) is 20.8 Å². The lowest BCUT2D eigenvalue weighted by Crippen LogP contribution is -2.41. The van der Waals surface area contributed by atoms with E-state index < -0.39 is 10.1 Å². The third kappa shape index (κ3) is 7.53. The summed E-state index contributed by atoms with van der Waals surface area (Å²) in [6, 6.07) is 5.27. The second-order valence-electron chi connectivity index (χ2n) is 7.39. The van der Waals surface area contributed by atoms with Crippen LogP contribution in [0.15, 0.2) is 18.2 Å². The van der Waals surface area contributed by atoms with E-state index >= 15 is 0 Å². The fourth-order valence-electron chi connectivity index (χ4n) is 3.14. The van der Waals surface area contributed by atoms with Crippen LogP contribution in [0.1, 0.15) is 72.3 Å². The zero-order chi connectivity index (χ0) is 22.0. The number of amides is 1. The quantitative estimate of drug-likeness (QED) is 0.424. The van der Waals surface area contributed by atoms with Crippen molar-refractivity contribution in [2.75, 3.05) is 12.9 Å². The number of unbranched alkanes of at least 4 members (excludes halogenated alkanes) is 1. The fourth-order valence-corrected chi connectivity index (χ4v) is 3.66. The van der Waals surface area contributed by atoms with Gasteiger partial charge in [-0.15, -0.1) is 0 Å². The van der Waals surface area contributed by atoms with Gasteiger partial charge in [-0.2, -0.15) is 8.42 Å². The molecule has 0 fully saturated rings. The van der Waals surface area contributed by atoms with Crippen molar-refractivity contribution in [2.24, 2.45) is 5.92 Å². The highest BCUT2D eigenvalue weighted by atomic mass is 32.2. The molecule has 6 nitrogen and oxygen atoms in total. The highest BCUT2D eigenvalue weighted by Gasteiger charge is 2.26. The number of hydrogen-bond acceptors (Lipinski definition) is 5. The molecule has 0 radical (unpaired) electrons. The normalized spacial score (nSPS) is 13.6. The number of methoxy groups -OCH3 is 1. The molecule has 1 amide bonds. The van der Waals surface area contributed by atoms with Crippen LogP contribution in [-0.4, -0.2) is 38.1 Å². The van der Waals surface area contributed by atoms with Crippen molar-refractivity contribution in [3.8, 4) is 11.5 Å². The first-order valence-electron chi connectivity index (χ1n) is 10.6. The standard InChI is InChI=1S/C22H37NO5S/c1-7-11-12-19(9-3)22(24)23(17(5)8-2)16-18-13-14-20(27-6)21(15-18)28-29(25,26)10-4/h13-15,17,19H,7-12,16H2,1-6H3. The molecule has 0 bridgehead atoms. The molecule has 0 aliphatic rings. The molecule has 7 heteroatoms. The van der Waals surface area contributed by atoms with Crippen LogP contribution in [0.25, 0.3) is 0 Å². The summed E-state index contributed by atoms with van der Waals surface area (Å²) in [5, 5.41) is 0. The molecule has 0 spiro atoms. The third-order valence-corrected chi connectivity index (χ3v) is 6.45. The van der Waals surface area contributed by atoms with E-state index in [0.717, 1.165) is 37.7 Å². The van der Waals surface area contributed by atoms with Gasteiger partial charge in [-0.1, -0.05) is 39.7 Å². The molecule has 0 N–H and O–H groups in total. The van der Waals surface area contributed by atoms with Crippen LogP contribution >= 0.6 is 0 Å². The molecule has 0 heterocycles. The average Bonchev–Trinajstić information content (AvgIpc) is 2.71. The summed E-state index contributed by atoms with van der Waals surface area (Å²) in [6.07, 6.45) is 4.66. The molecule has 29 heavy (non-hydrogen) atoms. The Kier molecular flexibility index (Phi) is 10.5. The Morgan fingerprint density at radius 1 is 1.10 bits per heavy atom. The fraction of sp³-hybridized carbons (Fsp3) is 0.682. The largest absolute Gasteiger partial charge is 0.493 e. The van der Waals surface area contributed by atoms with Crippen LogP contribution in [0.4, 0.5) is 0 Å². The molecular formula is C22H37NO5S. The number of ether oxygens (including phenoxy) is 1. The molecule has 0 saturated carbocycles. The summed E-state index contributed by atoms with van der Waals surface area (Å²) >= 11 is 0. The Morgan fingerprint density at radius 2 is 1.79 bits per heavy atom. The minimum atomic E-state index is -3.68. The number of carbonyl (C=O) groups excluding carboxylic acids is 1. The predicted octanol–water partition coefficient (Wildman–Crippen LogP) is 4.77. The van der Waals surface area contributed by atoms with Crippen molar-refractivity contribution in [1.29, 1.82) is 0 Å². The maximum absolute atomic E-state index is 13.2. The van der Waals surface area contributed by atoms with Gasteiger partial charge in [0.25, 0.3) is 0 Å². The first kappa shape index (κ1) is 25.3. The summed E-state index contributed by atoms with van der Waals surface area (Å²) in [7, 11) is -2.21. The van der Waals surface area contributed by atoms with E-state index in [1.165, 1.54) is 14.0 Å². The maximum Gasteiger partial charge on any atom is 0.309 e. The van der Waals surface area contributed by atoms with Crippen molar-refractivity contribution in [3.05, 3.63) is 23.8 Å². The summed E-state index contributed by atoms with van der Waals surface area (Å²) in [5.41, 5.74) is 0.811. The summed E-state index contributed by atoms with van der Waals surface area (Å²) in [4.78, 5) is 15.1. The van der Waals surface area contributed by atoms with Crippen molar-refractivity contribution in [2.45, 2.75) is 79.3 Å². The molecular weight excluding hydrogens is 390 g/mol. The number of nitrogens with zero attached hydrogens (tertiary/aromatic N) is 1. The SMILES string of the molecule is CCCCC(CC)C(=O)N(Cc1ccc(OC)c(OS(=O)(=O)CC)c1)C(C)CC. The lowest BCUT2D eigenvalue weighted by molar-refractivity contribution is -0.138.